The molecule has 1 aliphatic rings. The molecule has 0 amide bonds. The second-order valence-corrected chi connectivity index (χ2v) is 4.92. The van der Waals surface area contributed by atoms with Gasteiger partial charge in [0.1, 0.15) is 0 Å². The van der Waals surface area contributed by atoms with E-state index in [4.69, 9.17) is 0 Å². The number of hydrogen-bond acceptors (Lipinski definition) is 2. The van der Waals surface area contributed by atoms with Crippen LogP contribution in [0.25, 0.3) is 0 Å². The normalized spacial score (nSPS) is 24.3. The highest BCUT2D eigenvalue weighted by Gasteiger charge is 2.32. The molecule has 1 aromatic rings. The van der Waals surface area contributed by atoms with E-state index < -0.39 is 11.6 Å². The summed E-state index contributed by atoms with van der Waals surface area (Å²) in [5.74, 6) is -1.51. The molecule has 0 saturated carbocycles. The molecule has 0 spiro atoms. The Morgan fingerprint density at radius 2 is 2.00 bits per heavy atom. The van der Waals surface area contributed by atoms with Crippen LogP contribution in [-0.4, -0.2) is 12.3 Å². The number of thioether (sulfide) groups is 1. The summed E-state index contributed by atoms with van der Waals surface area (Å²) in [5.41, 5.74) is 0.883. The zero-order valence-corrected chi connectivity index (χ0v) is 9.50. The lowest BCUT2D eigenvalue weighted by atomic mass is 10.0. The summed E-state index contributed by atoms with van der Waals surface area (Å²) >= 11 is 1.62. The van der Waals surface area contributed by atoms with Gasteiger partial charge in [-0.2, -0.15) is 0 Å². The van der Waals surface area contributed by atoms with Crippen molar-refractivity contribution in [2.45, 2.75) is 29.5 Å². The van der Waals surface area contributed by atoms with Crippen LogP contribution in [0.2, 0.25) is 0 Å². The van der Waals surface area contributed by atoms with E-state index in [2.05, 4.69) is 12.2 Å². The first-order valence-corrected chi connectivity index (χ1v) is 5.88. The third-order valence-electron chi connectivity index (χ3n) is 2.75. The third-order valence-corrected chi connectivity index (χ3v) is 4.27. The van der Waals surface area contributed by atoms with Gasteiger partial charge in [0.15, 0.2) is 11.6 Å². The van der Waals surface area contributed by atoms with Crippen LogP contribution in [0.5, 0.6) is 0 Å². The largest absolute Gasteiger partial charge is 0.312 e. The van der Waals surface area contributed by atoms with Crippen LogP contribution in [0, 0.1) is 11.6 Å². The molecule has 1 aliphatic heterocycles. The molecule has 0 bridgehead atoms. The molecule has 1 aromatic carbocycles. The van der Waals surface area contributed by atoms with Gasteiger partial charge < -0.3 is 5.32 Å². The Labute approximate surface area is 92.3 Å². The van der Waals surface area contributed by atoms with Crippen LogP contribution < -0.4 is 5.32 Å². The summed E-state index contributed by atoms with van der Waals surface area (Å²) in [6.07, 6.45) is 0.980. The fraction of sp³-hybridized carbons (Fsp3) is 0.455. The Morgan fingerprint density at radius 1 is 1.33 bits per heavy atom. The Morgan fingerprint density at radius 3 is 2.60 bits per heavy atom. The maximum Gasteiger partial charge on any atom is 0.159 e. The van der Waals surface area contributed by atoms with Gasteiger partial charge in [-0.3, -0.25) is 0 Å². The van der Waals surface area contributed by atoms with Crippen LogP contribution in [0.1, 0.15) is 24.9 Å². The molecular weight excluding hydrogens is 216 g/mol. The van der Waals surface area contributed by atoms with E-state index in [1.165, 1.54) is 12.1 Å². The van der Waals surface area contributed by atoms with Crippen molar-refractivity contribution < 1.29 is 8.78 Å². The monoisotopic (exact) mass is 229 g/mol. The number of nitrogens with one attached hydrogen (secondary N) is 1. The predicted octanol–water partition coefficient (Wildman–Crippen LogP) is 3.11. The quantitative estimate of drug-likeness (QED) is 0.836. The van der Waals surface area contributed by atoms with E-state index >= 15 is 0 Å². The fourth-order valence-corrected chi connectivity index (χ4v) is 3.39. The first-order chi connectivity index (χ1) is 7.17. The van der Waals surface area contributed by atoms with Crippen LogP contribution in [-0.2, 0) is 0 Å². The summed E-state index contributed by atoms with van der Waals surface area (Å²) in [5, 5.41) is 3.52. The summed E-state index contributed by atoms with van der Waals surface area (Å²) in [7, 11) is 1.85. The van der Waals surface area contributed by atoms with E-state index in [1.54, 1.807) is 11.8 Å². The maximum atomic E-state index is 13.1. The number of hydrogen-bond donors (Lipinski definition) is 1. The van der Waals surface area contributed by atoms with Gasteiger partial charge >= 0.3 is 0 Å². The molecule has 2 unspecified atom stereocenters. The third kappa shape index (κ3) is 1.76. The predicted molar refractivity (Wildman–Crippen MR) is 58.1 cm³/mol. The average Bonchev–Trinajstić information content (AvgIpc) is 2.56. The fourth-order valence-electron chi connectivity index (χ4n) is 1.98. The molecule has 1 nitrogen and oxygen atoms in total. The first-order valence-electron chi connectivity index (χ1n) is 5.00. The van der Waals surface area contributed by atoms with Crippen molar-refractivity contribution in [2.75, 3.05) is 7.05 Å². The van der Waals surface area contributed by atoms with E-state index in [-0.39, 0.29) is 6.04 Å². The van der Waals surface area contributed by atoms with E-state index in [9.17, 15) is 8.78 Å². The zero-order valence-electron chi connectivity index (χ0n) is 8.68. The number of rotatable bonds is 2. The molecule has 2 atom stereocenters. The summed E-state index contributed by atoms with van der Waals surface area (Å²) in [6, 6.07) is 2.74. The molecule has 1 N–H and O–H groups in total. The van der Waals surface area contributed by atoms with Gasteiger partial charge in [0, 0.05) is 16.2 Å². The lowest BCUT2D eigenvalue weighted by Gasteiger charge is -2.16. The van der Waals surface area contributed by atoms with Crippen molar-refractivity contribution in [2.24, 2.45) is 0 Å². The average molecular weight is 229 g/mol. The smallest absolute Gasteiger partial charge is 0.159 e. The van der Waals surface area contributed by atoms with E-state index in [0.29, 0.717) is 5.25 Å². The summed E-state index contributed by atoms with van der Waals surface area (Å²) in [6.45, 7) is 2.08. The van der Waals surface area contributed by atoms with E-state index in [0.717, 1.165) is 16.9 Å². The van der Waals surface area contributed by atoms with Crippen LogP contribution >= 0.6 is 11.8 Å². The van der Waals surface area contributed by atoms with Crippen LogP contribution in [0.3, 0.4) is 0 Å². The highest BCUT2D eigenvalue weighted by molar-refractivity contribution is 8.00. The molecule has 0 radical (unpaired) electrons. The van der Waals surface area contributed by atoms with Crippen LogP contribution in [0.15, 0.2) is 17.0 Å². The maximum absolute atomic E-state index is 13.1. The van der Waals surface area contributed by atoms with Gasteiger partial charge in [-0.1, -0.05) is 6.92 Å². The molecule has 15 heavy (non-hydrogen) atoms. The molecule has 0 aliphatic carbocycles. The number of fused-ring (bicyclic) bond motifs is 1. The first kappa shape index (κ1) is 10.9. The molecule has 82 valence electrons. The lowest BCUT2D eigenvalue weighted by molar-refractivity contribution is 0.496. The second kappa shape index (κ2) is 4.10. The highest BCUT2D eigenvalue weighted by Crippen LogP contribution is 2.45. The van der Waals surface area contributed by atoms with Crippen molar-refractivity contribution in [1.82, 2.24) is 5.32 Å². The molecule has 0 fully saturated rings. The van der Waals surface area contributed by atoms with Gasteiger partial charge in [-0.15, -0.1) is 11.8 Å². The molecular formula is C11H13F2NS. The SMILES string of the molecule is CCC1Sc2cc(F)c(F)cc2C1NC. The summed E-state index contributed by atoms with van der Waals surface area (Å²) in [4.78, 5) is 0.861. The van der Waals surface area contributed by atoms with Crippen molar-refractivity contribution in [3.8, 4) is 0 Å². The standard InChI is InChI=1S/C11H13F2NS/c1-3-9-11(14-2)6-4-7(12)8(13)5-10(6)15-9/h4-5,9,11,14H,3H2,1-2H3. The molecule has 0 aromatic heterocycles. The number of halogens is 2. The number of benzene rings is 1. The van der Waals surface area contributed by atoms with Crippen molar-refractivity contribution >= 4 is 11.8 Å². The minimum atomic E-state index is -0.758. The molecule has 4 heteroatoms. The Bertz CT molecular complexity index is 381. The van der Waals surface area contributed by atoms with E-state index in [1.807, 2.05) is 7.05 Å². The zero-order chi connectivity index (χ0) is 11.0. The second-order valence-electron chi connectivity index (χ2n) is 3.64. The van der Waals surface area contributed by atoms with Crippen molar-refractivity contribution in [3.63, 3.8) is 0 Å². The summed E-state index contributed by atoms with van der Waals surface area (Å²) < 4.78 is 26.1. The minimum absolute atomic E-state index is 0.130. The lowest BCUT2D eigenvalue weighted by Crippen LogP contribution is -2.23. The topological polar surface area (TPSA) is 12.0 Å². The highest BCUT2D eigenvalue weighted by atomic mass is 32.2. The van der Waals surface area contributed by atoms with Gasteiger partial charge in [0.2, 0.25) is 0 Å². The molecule has 1 heterocycles. The van der Waals surface area contributed by atoms with Crippen molar-refractivity contribution in [1.29, 1.82) is 0 Å². The van der Waals surface area contributed by atoms with Gasteiger partial charge in [0.05, 0.1) is 0 Å². The van der Waals surface area contributed by atoms with Gasteiger partial charge in [-0.25, -0.2) is 8.78 Å². The van der Waals surface area contributed by atoms with Crippen LogP contribution in [0.4, 0.5) is 8.78 Å². The molecule has 2 rings (SSSR count). The van der Waals surface area contributed by atoms with Gasteiger partial charge in [0.25, 0.3) is 0 Å². The Balaban J connectivity index is 2.44. The minimum Gasteiger partial charge on any atom is -0.312 e. The van der Waals surface area contributed by atoms with Gasteiger partial charge in [-0.05, 0) is 31.2 Å². The van der Waals surface area contributed by atoms with Crippen molar-refractivity contribution in [3.05, 3.63) is 29.3 Å². The Hall–Kier alpha value is -0.610. The molecule has 0 saturated heterocycles. The Kier molecular flexibility index (Phi) is 2.98.